The lowest BCUT2D eigenvalue weighted by Gasteiger charge is -2.22. The smallest absolute Gasteiger partial charge is 0.277 e. The van der Waals surface area contributed by atoms with Crippen molar-refractivity contribution in [3.05, 3.63) is 34.6 Å². The number of hydrogen-bond donors (Lipinski definition) is 2. The van der Waals surface area contributed by atoms with Gasteiger partial charge in [0.15, 0.2) is 5.69 Å². The number of nitrogens with one attached hydrogen (secondary N) is 2. The second-order valence-corrected chi connectivity index (χ2v) is 6.22. The van der Waals surface area contributed by atoms with Crippen LogP contribution in [0.5, 0.6) is 5.75 Å². The van der Waals surface area contributed by atoms with Crippen LogP contribution in [0.4, 0.5) is 5.69 Å². The van der Waals surface area contributed by atoms with Crippen LogP contribution in [-0.4, -0.2) is 41.1 Å². The van der Waals surface area contributed by atoms with Gasteiger partial charge >= 0.3 is 0 Å². The predicted octanol–water partition coefficient (Wildman–Crippen LogP) is 2.65. The summed E-state index contributed by atoms with van der Waals surface area (Å²) in [5.41, 5.74) is 0.934. The van der Waals surface area contributed by atoms with Crippen molar-refractivity contribution in [2.75, 3.05) is 25.5 Å². The Hall–Kier alpha value is -1.64. The fraction of sp³-hybridized carbons (Fsp3) is 0.400. The van der Waals surface area contributed by atoms with Gasteiger partial charge in [-0.3, -0.25) is 4.79 Å². The maximum absolute atomic E-state index is 12.4. The molecule has 130 valence electrons. The Balaban J connectivity index is 0.00000208. The van der Waals surface area contributed by atoms with Crippen LogP contribution in [0.2, 0.25) is 0 Å². The molecule has 0 radical (unpaired) electrons. The number of amides is 1. The molecule has 1 fully saturated rings. The molecule has 1 amide bonds. The molecule has 1 aliphatic heterocycles. The normalized spacial score (nSPS) is 14.8. The summed E-state index contributed by atoms with van der Waals surface area (Å²) in [5, 5.41) is 14.2. The molecule has 0 bridgehead atoms. The molecule has 1 aliphatic rings. The second kappa shape index (κ2) is 8.46. The van der Waals surface area contributed by atoms with Crippen LogP contribution in [0.25, 0.3) is 0 Å². The van der Waals surface area contributed by atoms with Crippen LogP contribution >= 0.6 is 28.3 Å². The number of carbonyl (C=O) groups is 1. The van der Waals surface area contributed by atoms with Crippen molar-refractivity contribution in [2.45, 2.75) is 18.9 Å². The highest BCUT2D eigenvalue weighted by molar-refractivity contribution is 9.10. The molecular weight excluding hydrogens is 398 g/mol. The molecule has 1 aromatic heterocycles. The Labute approximate surface area is 154 Å². The highest BCUT2D eigenvalue weighted by Gasteiger charge is 2.19. The number of aromatic nitrogens is 3. The van der Waals surface area contributed by atoms with Crippen molar-refractivity contribution >= 4 is 39.9 Å². The predicted molar refractivity (Wildman–Crippen MR) is 97.1 cm³/mol. The lowest BCUT2D eigenvalue weighted by molar-refractivity contribution is 0.102. The van der Waals surface area contributed by atoms with Crippen molar-refractivity contribution in [3.63, 3.8) is 0 Å². The van der Waals surface area contributed by atoms with Crippen molar-refractivity contribution in [3.8, 4) is 5.75 Å². The molecule has 2 heterocycles. The number of anilines is 1. The molecule has 0 unspecified atom stereocenters. The average Bonchev–Trinajstić information content (AvgIpc) is 3.08. The second-order valence-electron chi connectivity index (χ2n) is 5.36. The van der Waals surface area contributed by atoms with Gasteiger partial charge in [-0.1, -0.05) is 5.21 Å². The van der Waals surface area contributed by atoms with E-state index in [1.165, 1.54) is 0 Å². The maximum Gasteiger partial charge on any atom is 0.277 e. The van der Waals surface area contributed by atoms with Crippen LogP contribution in [-0.2, 0) is 0 Å². The summed E-state index contributed by atoms with van der Waals surface area (Å²) in [6.45, 7) is 1.92. The summed E-state index contributed by atoms with van der Waals surface area (Å²) in [6.07, 6.45) is 3.69. The number of halogens is 2. The van der Waals surface area contributed by atoms with E-state index in [1.807, 2.05) is 12.1 Å². The van der Waals surface area contributed by atoms with E-state index in [4.69, 9.17) is 4.74 Å². The van der Waals surface area contributed by atoms with Gasteiger partial charge in [-0.05, 0) is 54.0 Å². The number of nitrogens with zero attached hydrogens (tertiary/aromatic N) is 3. The highest BCUT2D eigenvalue weighted by atomic mass is 79.9. The zero-order chi connectivity index (χ0) is 16.2. The topological polar surface area (TPSA) is 81.1 Å². The minimum absolute atomic E-state index is 0. The van der Waals surface area contributed by atoms with E-state index in [9.17, 15) is 4.79 Å². The van der Waals surface area contributed by atoms with E-state index in [-0.39, 0.29) is 18.3 Å². The number of methoxy groups -OCH3 is 1. The van der Waals surface area contributed by atoms with E-state index in [0.29, 0.717) is 23.2 Å². The van der Waals surface area contributed by atoms with Crippen molar-refractivity contribution in [2.24, 2.45) is 0 Å². The first-order valence-corrected chi connectivity index (χ1v) is 8.24. The Bertz CT molecular complexity index is 703. The van der Waals surface area contributed by atoms with Gasteiger partial charge in [0.2, 0.25) is 0 Å². The number of carbonyl (C=O) groups excluding carboxylic acids is 1. The number of piperidine rings is 1. The first-order valence-electron chi connectivity index (χ1n) is 7.45. The van der Waals surface area contributed by atoms with Gasteiger partial charge in [0.1, 0.15) is 5.75 Å². The van der Waals surface area contributed by atoms with E-state index in [2.05, 4.69) is 36.9 Å². The quantitative estimate of drug-likeness (QED) is 0.801. The summed E-state index contributed by atoms with van der Waals surface area (Å²) in [5.74, 6) is 0.376. The Morgan fingerprint density at radius 2 is 2.17 bits per heavy atom. The Kier molecular flexibility index (Phi) is 6.59. The third-order valence-corrected chi connectivity index (χ3v) is 4.54. The van der Waals surface area contributed by atoms with Gasteiger partial charge < -0.3 is 15.4 Å². The van der Waals surface area contributed by atoms with Gasteiger partial charge in [0.05, 0.1) is 25.0 Å². The summed E-state index contributed by atoms with van der Waals surface area (Å²) in [7, 11) is 1.58. The van der Waals surface area contributed by atoms with Gasteiger partial charge in [0, 0.05) is 10.5 Å². The fourth-order valence-corrected chi connectivity index (χ4v) is 2.89. The molecule has 3 rings (SSSR count). The summed E-state index contributed by atoms with van der Waals surface area (Å²) in [6, 6.07) is 5.68. The molecule has 7 nitrogen and oxygen atoms in total. The molecule has 2 aromatic rings. The lowest BCUT2D eigenvalue weighted by atomic mass is 10.1. The number of rotatable bonds is 4. The first kappa shape index (κ1) is 18.7. The third kappa shape index (κ3) is 4.25. The molecule has 0 aliphatic carbocycles. The van der Waals surface area contributed by atoms with Gasteiger partial charge in [-0.15, -0.1) is 17.5 Å². The monoisotopic (exact) mass is 415 g/mol. The molecule has 1 aromatic carbocycles. The van der Waals surface area contributed by atoms with Gasteiger partial charge in [0.25, 0.3) is 5.91 Å². The highest BCUT2D eigenvalue weighted by Crippen LogP contribution is 2.27. The van der Waals surface area contributed by atoms with Crippen LogP contribution in [0.15, 0.2) is 28.9 Å². The van der Waals surface area contributed by atoms with E-state index >= 15 is 0 Å². The Morgan fingerprint density at radius 1 is 1.42 bits per heavy atom. The number of ether oxygens (including phenoxy) is 1. The first-order chi connectivity index (χ1) is 11.2. The molecule has 0 saturated carbocycles. The standard InChI is InChI=1S/C15H18BrN5O2.ClH/c1-23-11-2-3-12(16)13(8-11)18-15(22)14-9-21(20-19-14)10-4-6-17-7-5-10;/h2-3,8-10,17H,4-7H2,1H3,(H,18,22);1H. The fourth-order valence-electron chi connectivity index (χ4n) is 2.54. The van der Waals surface area contributed by atoms with E-state index in [0.717, 1.165) is 30.4 Å². The SMILES string of the molecule is COc1ccc(Br)c(NC(=O)c2cn(C3CCNCC3)nn2)c1.Cl. The van der Waals surface area contributed by atoms with Gasteiger partial charge in [-0.2, -0.15) is 0 Å². The summed E-state index contributed by atoms with van der Waals surface area (Å²) < 4.78 is 7.73. The minimum atomic E-state index is -0.292. The molecule has 0 spiro atoms. The molecule has 2 N–H and O–H groups in total. The minimum Gasteiger partial charge on any atom is -0.497 e. The number of hydrogen-bond acceptors (Lipinski definition) is 5. The molecule has 24 heavy (non-hydrogen) atoms. The molecule has 9 heteroatoms. The van der Waals surface area contributed by atoms with Crippen molar-refractivity contribution in [1.29, 1.82) is 0 Å². The van der Waals surface area contributed by atoms with Crippen LogP contribution in [0, 0.1) is 0 Å². The Morgan fingerprint density at radius 3 is 2.88 bits per heavy atom. The van der Waals surface area contributed by atoms with E-state index < -0.39 is 0 Å². The van der Waals surface area contributed by atoms with Crippen LogP contribution in [0.1, 0.15) is 29.4 Å². The van der Waals surface area contributed by atoms with Crippen LogP contribution < -0.4 is 15.4 Å². The molecule has 0 atom stereocenters. The molecule has 1 saturated heterocycles. The van der Waals surface area contributed by atoms with Gasteiger partial charge in [-0.25, -0.2) is 4.68 Å². The summed E-state index contributed by atoms with van der Waals surface area (Å²) >= 11 is 3.41. The van der Waals surface area contributed by atoms with Crippen LogP contribution in [0.3, 0.4) is 0 Å². The number of benzene rings is 1. The van der Waals surface area contributed by atoms with Crippen molar-refractivity contribution in [1.82, 2.24) is 20.3 Å². The van der Waals surface area contributed by atoms with Crippen molar-refractivity contribution < 1.29 is 9.53 Å². The zero-order valence-electron chi connectivity index (χ0n) is 13.2. The largest absolute Gasteiger partial charge is 0.497 e. The lowest BCUT2D eigenvalue weighted by Crippen LogP contribution is -2.29. The zero-order valence-corrected chi connectivity index (χ0v) is 15.6. The van der Waals surface area contributed by atoms with E-state index in [1.54, 1.807) is 24.1 Å². The maximum atomic E-state index is 12.4. The summed E-state index contributed by atoms with van der Waals surface area (Å²) in [4.78, 5) is 12.4. The third-order valence-electron chi connectivity index (χ3n) is 3.85. The average molecular weight is 417 g/mol. The molecular formula is C15H19BrClN5O2.